The normalized spacial score (nSPS) is 9.90. The minimum atomic E-state index is -0.325. The molecule has 2 aromatic carbocycles. The predicted octanol–water partition coefficient (Wildman–Crippen LogP) is 3.41. The molecule has 0 saturated carbocycles. The number of carbonyl (C=O) groups is 2. The molecule has 0 aliphatic heterocycles. The van der Waals surface area contributed by atoms with Crippen LogP contribution in [-0.2, 0) is 0 Å². The number of carbonyl (C=O) groups excluding carboxylic acids is 2. The molecule has 0 spiro atoms. The Kier molecular flexibility index (Phi) is 4.38. The maximum absolute atomic E-state index is 12.1. The van der Waals surface area contributed by atoms with Crippen molar-refractivity contribution in [1.82, 2.24) is 0 Å². The van der Waals surface area contributed by atoms with Crippen LogP contribution in [0.15, 0.2) is 42.5 Å². The summed E-state index contributed by atoms with van der Waals surface area (Å²) in [5.74, 6) is 0.153. The number of anilines is 1. The van der Waals surface area contributed by atoms with E-state index in [9.17, 15) is 9.59 Å². The SMILES string of the molecule is COc1ccc(C=O)cc1NC(=O)c1cccc(Cl)c1. The number of methoxy groups -OCH3 is 1. The molecule has 0 atom stereocenters. The van der Waals surface area contributed by atoms with Gasteiger partial charge in [-0.2, -0.15) is 0 Å². The lowest BCUT2D eigenvalue weighted by Crippen LogP contribution is -2.12. The van der Waals surface area contributed by atoms with Crippen molar-refractivity contribution in [3.63, 3.8) is 0 Å². The van der Waals surface area contributed by atoms with E-state index in [-0.39, 0.29) is 5.91 Å². The van der Waals surface area contributed by atoms with Gasteiger partial charge >= 0.3 is 0 Å². The van der Waals surface area contributed by atoms with E-state index in [2.05, 4.69) is 5.32 Å². The largest absolute Gasteiger partial charge is 0.495 e. The molecule has 0 aliphatic rings. The van der Waals surface area contributed by atoms with Gasteiger partial charge in [0.05, 0.1) is 12.8 Å². The lowest BCUT2D eigenvalue weighted by atomic mass is 10.1. The Hall–Kier alpha value is -2.33. The molecule has 1 N–H and O–H groups in total. The predicted molar refractivity (Wildman–Crippen MR) is 77.8 cm³/mol. The van der Waals surface area contributed by atoms with Gasteiger partial charge in [0.15, 0.2) is 0 Å². The van der Waals surface area contributed by atoms with Crippen LogP contribution in [-0.4, -0.2) is 19.3 Å². The fourth-order valence-corrected chi connectivity index (χ4v) is 1.91. The minimum Gasteiger partial charge on any atom is -0.495 e. The van der Waals surface area contributed by atoms with Crippen molar-refractivity contribution in [3.8, 4) is 5.75 Å². The molecular formula is C15H12ClNO3. The maximum Gasteiger partial charge on any atom is 0.255 e. The molecule has 20 heavy (non-hydrogen) atoms. The Morgan fingerprint density at radius 3 is 2.70 bits per heavy atom. The van der Waals surface area contributed by atoms with Crippen molar-refractivity contribution in [2.45, 2.75) is 0 Å². The third kappa shape index (κ3) is 3.16. The molecule has 0 unspecified atom stereocenters. The Labute approximate surface area is 121 Å². The molecule has 0 bridgehead atoms. The molecule has 0 fully saturated rings. The zero-order chi connectivity index (χ0) is 14.5. The van der Waals surface area contributed by atoms with Crippen LogP contribution in [0.25, 0.3) is 0 Å². The van der Waals surface area contributed by atoms with Crippen molar-refractivity contribution in [3.05, 3.63) is 58.6 Å². The Bertz CT molecular complexity index is 655. The summed E-state index contributed by atoms with van der Waals surface area (Å²) in [6.07, 6.45) is 0.703. The van der Waals surface area contributed by atoms with Crippen LogP contribution in [0, 0.1) is 0 Å². The third-order valence-electron chi connectivity index (χ3n) is 2.69. The lowest BCUT2D eigenvalue weighted by Gasteiger charge is -2.10. The summed E-state index contributed by atoms with van der Waals surface area (Å²) >= 11 is 5.85. The molecule has 0 radical (unpaired) electrons. The van der Waals surface area contributed by atoms with E-state index < -0.39 is 0 Å². The fourth-order valence-electron chi connectivity index (χ4n) is 1.72. The van der Waals surface area contributed by atoms with Crippen LogP contribution >= 0.6 is 11.6 Å². The second-order valence-electron chi connectivity index (χ2n) is 4.04. The van der Waals surface area contributed by atoms with E-state index in [1.807, 2.05) is 0 Å². The topological polar surface area (TPSA) is 55.4 Å². The van der Waals surface area contributed by atoms with E-state index in [0.717, 1.165) is 0 Å². The smallest absolute Gasteiger partial charge is 0.255 e. The Morgan fingerprint density at radius 1 is 1.25 bits per heavy atom. The number of aldehydes is 1. The van der Waals surface area contributed by atoms with Crippen molar-refractivity contribution >= 4 is 29.5 Å². The van der Waals surface area contributed by atoms with E-state index in [1.165, 1.54) is 7.11 Å². The molecule has 2 rings (SSSR count). The lowest BCUT2D eigenvalue weighted by molar-refractivity contribution is 0.102. The summed E-state index contributed by atoms with van der Waals surface area (Å²) in [5.41, 5.74) is 1.31. The van der Waals surface area contributed by atoms with Gasteiger partial charge in [0.25, 0.3) is 5.91 Å². The van der Waals surface area contributed by atoms with Crippen LogP contribution in [0.2, 0.25) is 5.02 Å². The van der Waals surface area contributed by atoms with E-state index in [4.69, 9.17) is 16.3 Å². The second kappa shape index (κ2) is 6.21. The average molecular weight is 290 g/mol. The first-order chi connectivity index (χ1) is 9.63. The van der Waals surface area contributed by atoms with E-state index in [0.29, 0.717) is 33.9 Å². The standard InChI is InChI=1S/C15H12ClNO3/c1-20-14-6-5-10(9-18)7-13(14)17-15(19)11-3-2-4-12(16)8-11/h2-9H,1H3,(H,17,19). The van der Waals surface area contributed by atoms with Crippen molar-refractivity contribution in [2.24, 2.45) is 0 Å². The van der Waals surface area contributed by atoms with Gasteiger partial charge in [-0.05, 0) is 36.4 Å². The number of hydrogen-bond acceptors (Lipinski definition) is 3. The molecule has 0 aromatic heterocycles. The van der Waals surface area contributed by atoms with Gasteiger partial charge in [-0.3, -0.25) is 9.59 Å². The Balaban J connectivity index is 2.29. The summed E-state index contributed by atoms with van der Waals surface area (Å²) in [6.45, 7) is 0. The molecule has 0 saturated heterocycles. The molecule has 0 aliphatic carbocycles. The first kappa shape index (κ1) is 14.1. The van der Waals surface area contributed by atoms with Gasteiger partial charge in [-0.25, -0.2) is 0 Å². The summed E-state index contributed by atoms with van der Waals surface area (Å²) in [7, 11) is 1.49. The van der Waals surface area contributed by atoms with E-state index >= 15 is 0 Å². The number of hydrogen-bond donors (Lipinski definition) is 1. The highest BCUT2D eigenvalue weighted by Gasteiger charge is 2.10. The van der Waals surface area contributed by atoms with Gasteiger partial charge in [0, 0.05) is 16.1 Å². The summed E-state index contributed by atoms with van der Waals surface area (Å²) in [5, 5.41) is 3.18. The van der Waals surface area contributed by atoms with Gasteiger partial charge < -0.3 is 10.1 Å². The first-order valence-electron chi connectivity index (χ1n) is 5.84. The average Bonchev–Trinajstić information content (AvgIpc) is 2.47. The summed E-state index contributed by atoms with van der Waals surface area (Å²) in [4.78, 5) is 22.9. The van der Waals surface area contributed by atoms with Crippen LogP contribution in [0.3, 0.4) is 0 Å². The quantitative estimate of drug-likeness (QED) is 0.878. The molecule has 102 valence electrons. The molecule has 1 amide bonds. The highest BCUT2D eigenvalue weighted by atomic mass is 35.5. The van der Waals surface area contributed by atoms with Gasteiger partial charge in [0.1, 0.15) is 12.0 Å². The Morgan fingerprint density at radius 2 is 2.05 bits per heavy atom. The summed E-state index contributed by atoms with van der Waals surface area (Å²) in [6, 6.07) is 11.4. The monoisotopic (exact) mass is 289 g/mol. The van der Waals surface area contributed by atoms with Gasteiger partial charge in [-0.15, -0.1) is 0 Å². The minimum absolute atomic E-state index is 0.325. The van der Waals surface area contributed by atoms with Crippen molar-refractivity contribution in [1.29, 1.82) is 0 Å². The second-order valence-corrected chi connectivity index (χ2v) is 4.48. The van der Waals surface area contributed by atoms with Gasteiger partial charge in [0.2, 0.25) is 0 Å². The zero-order valence-electron chi connectivity index (χ0n) is 10.7. The van der Waals surface area contributed by atoms with Gasteiger partial charge in [-0.1, -0.05) is 17.7 Å². The highest BCUT2D eigenvalue weighted by Crippen LogP contribution is 2.25. The first-order valence-corrected chi connectivity index (χ1v) is 6.22. The molecule has 4 nitrogen and oxygen atoms in total. The van der Waals surface area contributed by atoms with Crippen LogP contribution in [0.5, 0.6) is 5.75 Å². The molecular weight excluding hydrogens is 278 g/mol. The van der Waals surface area contributed by atoms with Crippen LogP contribution in [0.4, 0.5) is 5.69 Å². The van der Waals surface area contributed by atoms with E-state index in [1.54, 1.807) is 42.5 Å². The third-order valence-corrected chi connectivity index (χ3v) is 2.93. The van der Waals surface area contributed by atoms with Crippen molar-refractivity contribution in [2.75, 3.05) is 12.4 Å². The number of halogens is 1. The zero-order valence-corrected chi connectivity index (χ0v) is 11.5. The number of amides is 1. The number of rotatable bonds is 4. The highest BCUT2D eigenvalue weighted by molar-refractivity contribution is 6.31. The number of benzene rings is 2. The molecule has 5 heteroatoms. The number of nitrogens with one attached hydrogen (secondary N) is 1. The molecule has 0 heterocycles. The van der Waals surface area contributed by atoms with Crippen LogP contribution in [0.1, 0.15) is 20.7 Å². The number of ether oxygens (including phenoxy) is 1. The summed E-state index contributed by atoms with van der Waals surface area (Å²) < 4.78 is 5.15. The van der Waals surface area contributed by atoms with Crippen LogP contribution < -0.4 is 10.1 Å². The van der Waals surface area contributed by atoms with Crippen molar-refractivity contribution < 1.29 is 14.3 Å². The fraction of sp³-hybridized carbons (Fsp3) is 0.0667. The maximum atomic E-state index is 12.1. The molecule has 2 aromatic rings.